The molecule has 164 valence electrons. The second-order valence-corrected chi connectivity index (χ2v) is 7.56. The first-order chi connectivity index (χ1) is 15.1. The van der Waals surface area contributed by atoms with Gasteiger partial charge in [0.1, 0.15) is 18.9 Å². The van der Waals surface area contributed by atoms with Crippen molar-refractivity contribution in [1.29, 1.82) is 0 Å². The predicted octanol–water partition coefficient (Wildman–Crippen LogP) is 1.82. The lowest BCUT2D eigenvalue weighted by molar-refractivity contribution is -0.139. The van der Waals surface area contributed by atoms with E-state index in [1.165, 1.54) is 6.33 Å². The number of nitrogens with zero attached hydrogens (tertiary/aromatic N) is 4. The number of fused-ring (bicyclic) bond motifs is 1. The van der Waals surface area contributed by atoms with Gasteiger partial charge in [-0.05, 0) is 32.3 Å². The smallest absolute Gasteiger partial charge is 0.338 e. The maximum Gasteiger partial charge on any atom is 0.338 e. The van der Waals surface area contributed by atoms with Gasteiger partial charge in [-0.25, -0.2) is 9.48 Å². The fraction of sp³-hybridized carbons (Fsp3) is 0.455. The van der Waals surface area contributed by atoms with Gasteiger partial charge >= 0.3 is 5.97 Å². The Morgan fingerprint density at radius 1 is 1.29 bits per heavy atom. The van der Waals surface area contributed by atoms with Crippen LogP contribution in [0.5, 0.6) is 0 Å². The summed E-state index contributed by atoms with van der Waals surface area (Å²) in [6.07, 6.45) is 3.46. The third-order valence-electron chi connectivity index (χ3n) is 5.57. The topological polar surface area (TPSA) is 98.6 Å². The fourth-order valence-electron chi connectivity index (χ4n) is 4.07. The normalized spacial score (nSPS) is 20.5. The molecular formula is C22H27N5O4. The van der Waals surface area contributed by atoms with Crippen LogP contribution in [-0.4, -0.2) is 59.0 Å². The van der Waals surface area contributed by atoms with E-state index in [-0.39, 0.29) is 25.2 Å². The van der Waals surface area contributed by atoms with E-state index >= 15 is 0 Å². The van der Waals surface area contributed by atoms with E-state index in [4.69, 9.17) is 9.47 Å². The molecule has 2 aliphatic heterocycles. The van der Waals surface area contributed by atoms with Crippen molar-refractivity contribution in [2.75, 3.05) is 31.2 Å². The summed E-state index contributed by atoms with van der Waals surface area (Å²) in [5.74, 6) is -0.0998. The number of aromatic nitrogens is 3. The van der Waals surface area contributed by atoms with Crippen LogP contribution < -0.4 is 10.2 Å². The molecule has 0 aliphatic carbocycles. The summed E-state index contributed by atoms with van der Waals surface area (Å²) >= 11 is 0. The van der Waals surface area contributed by atoms with E-state index in [0.29, 0.717) is 23.8 Å². The molecule has 9 nitrogen and oxygen atoms in total. The Hall–Kier alpha value is -3.20. The van der Waals surface area contributed by atoms with E-state index in [1.54, 1.807) is 16.5 Å². The second kappa shape index (κ2) is 9.30. The molecular weight excluding hydrogens is 398 g/mol. The number of esters is 1. The quantitative estimate of drug-likeness (QED) is 0.676. The van der Waals surface area contributed by atoms with E-state index < -0.39 is 12.0 Å². The second-order valence-electron chi connectivity index (χ2n) is 7.56. The van der Waals surface area contributed by atoms with Crippen LogP contribution in [0.15, 0.2) is 47.9 Å². The molecule has 31 heavy (non-hydrogen) atoms. The Morgan fingerprint density at radius 3 is 2.81 bits per heavy atom. The number of allylic oxidation sites excluding steroid dienone is 1. The summed E-state index contributed by atoms with van der Waals surface area (Å²) in [5.41, 5.74) is 1.96. The highest BCUT2D eigenvalue weighted by atomic mass is 16.5. The summed E-state index contributed by atoms with van der Waals surface area (Å²) < 4.78 is 12.6. The van der Waals surface area contributed by atoms with E-state index in [0.717, 1.165) is 25.0 Å². The monoisotopic (exact) mass is 425 g/mol. The van der Waals surface area contributed by atoms with Crippen molar-refractivity contribution in [2.45, 2.75) is 38.8 Å². The summed E-state index contributed by atoms with van der Waals surface area (Å²) in [5, 5.41) is 7.30. The van der Waals surface area contributed by atoms with Crippen LogP contribution in [0.3, 0.4) is 0 Å². The number of hydrogen-bond acceptors (Lipinski definition) is 7. The van der Waals surface area contributed by atoms with Crippen molar-refractivity contribution in [3.05, 3.63) is 53.5 Å². The highest BCUT2D eigenvalue weighted by Gasteiger charge is 2.38. The third-order valence-corrected chi connectivity index (χ3v) is 5.57. The highest BCUT2D eigenvalue weighted by Crippen LogP contribution is 2.38. The Kier molecular flexibility index (Phi) is 6.31. The molecule has 0 bridgehead atoms. The lowest BCUT2D eigenvalue weighted by Gasteiger charge is -2.35. The standard InChI is InChI=1S/C22H27N5O4/c1-3-30-21(29)19-15(2)26(13-18(28)23-12-17-10-7-11-31-17)22-24-14-25-27(22)20(19)16-8-5-4-6-9-16/h4-6,8-9,14,17,20H,3,7,10-13H2,1-2H3,(H,23,28)/t17-,20+/m0/s1. The zero-order valence-corrected chi connectivity index (χ0v) is 17.8. The van der Waals surface area contributed by atoms with Crippen LogP contribution in [0, 0.1) is 0 Å². The third kappa shape index (κ3) is 4.32. The van der Waals surface area contributed by atoms with Gasteiger partial charge in [0.15, 0.2) is 0 Å². The Labute approximate surface area is 181 Å². The lowest BCUT2D eigenvalue weighted by Crippen LogP contribution is -2.44. The molecule has 0 unspecified atom stereocenters. The SMILES string of the molecule is CCOC(=O)C1=C(C)N(CC(=O)NC[C@@H]2CCCO2)c2ncnn2[C@@H]1c1ccccc1. The first kappa shape index (κ1) is 21.0. The van der Waals surface area contributed by atoms with Crippen molar-refractivity contribution >= 4 is 17.8 Å². The van der Waals surface area contributed by atoms with Gasteiger partial charge in [-0.3, -0.25) is 4.79 Å². The highest BCUT2D eigenvalue weighted by molar-refractivity contribution is 5.93. The molecule has 1 N–H and O–H groups in total. The molecule has 1 aromatic carbocycles. The molecule has 4 rings (SSSR count). The average Bonchev–Trinajstić information content (AvgIpc) is 3.46. The maximum atomic E-state index is 13.0. The van der Waals surface area contributed by atoms with E-state index in [9.17, 15) is 9.59 Å². The van der Waals surface area contributed by atoms with Crippen LogP contribution in [0.2, 0.25) is 0 Å². The summed E-state index contributed by atoms with van der Waals surface area (Å²) in [6, 6.07) is 9.13. The van der Waals surface area contributed by atoms with Crippen LogP contribution in [0.1, 0.15) is 38.3 Å². The minimum atomic E-state index is -0.482. The molecule has 1 fully saturated rings. The minimum Gasteiger partial charge on any atom is -0.463 e. The molecule has 1 amide bonds. The van der Waals surface area contributed by atoms with Gasteiger partial charge in [0.25, 0.3) is 0 Å². The number of carbonyl (C=O) groups is 2. The zero-order chi connectivity index (χ0) is 21.8. The van der Waals surface area contributed by atoms with Gasteiger partial charge in [0, 0.05) is 18.8 Å². The number of anilines is 1. The van der Waals surface area contributed by atoms with Crippen molar-refractivity contribution in [2.24, 2.45) is 0 Å². The van der Waals surface area contributed by atoms with Gasteiger partial charge in [0.05, 0.1) is 18.3 Å². The van der Waals surface area contributed by atoms with Crippen LogP contribution in [-0.2, 0) is 19.1 Å². The van der Waals surface area contributed by atoms with Gasteiger partial charge in [-0.2, -0.15) is 10.1 Å². The van der Waals surface area contributed by atoms with Gasteiger partial charge in [0.2, 0.25) is 11.9 Å². The molecule has 0 radical (unpaired) electrons. The molecule has 3 heterocycles. The molecule has 2 aliphatic rings. The number of hydrogen-bond donors (Lipinski definition) is 1. The van der Waals surface area contributed by atoms with E-state index in [1.807, 2.05) is 37.3 Å². The average molecular weight is 425 g/mol. The number of nitrogens with one attached hydrogen (secondary N) is 1. The van der Waals surface area contributed by atoms with Crippen molar-refractivity contribution in [3.8, 4) is 0 Å². The fourth-order valence-corrected chi connectivity index (χ4v) is 4.07. The molecule has 2 aromatic rings. The summed E-state index contributed by atoms with van der Waals surface area (Å²) in [4.78, 5) is 31.8. The van der Waals surface area contributed by atoms with Crippen LogP contribution in [0.25, 0.3) is 0 Å². The van der Waals surface area contributed by atoms with Crippen molar-refractivity contribution in [3.63, 3.8) is 0 Å². The zero-order valence-electron chi connectivity index (χ0n) is 17.8. The van der Waals surface area contributed by atoms with Gasteiger partial charge in [-0.1, -0.05) is 30.3 Å². The Bertz CT molecular complexity index is 965. The number of ether oxygens (including phenoxy) is 2. The first-order valence-corrected chi connectivity index (χ1v) is 10.6. The van der Waals surface area contributed by atoms with Gasteiger partial charge < -0.3 is 19.7 Å². The molecule has 1 aromatic heterocycles. The van der Waals surface area contributed by atoms with Crippen molar-refractivity contribution < 1.29 is 19.1 Å². The maximum absolute atomic E-state index is 13.0. The molecule has 0 spiro atoms. The Balaban J connectivity index is 1.65. The van der Waals surface area contributed by atoms with Crippen LogP contribution >= 0.6 is 0 Å². The molecule has 2 atom stereocenters. The minimum absolute atomic E-state index is 0.0155. The Morgan fingerprint density at radius 2 is 2.10 bits per heavy atom. The number of amides is 1. The van der Waals surface area contributed by atoms with Gasteiger partial charge in [-0.15, -0.1) is 0 Å². The first-order valence-electron chi connectivity index (χ1n) is 10.6. The summed E-state index contributed by atoms with van der Waals surface area (Å²) in [7, 11) is 0. The predicted molar refractivity (Wildman–Crippen MR) is 113 cm³/mol. The number of carbonyl (C=O) groups excluding carboxylic acids is 2. The number of rotatable bonds is 7. The van der Waals surface area contributed by atoms with Crippen LogP contribution in [0.4, 0.5) is 5.95 Å². The summed E-state index contributed by atoms with van der Waals surface area (Å²) in [6.45, 7) is 5.06. The van der Waals surface area contributed by atoms with Crippen molar-refractivity contribution in [1.82, 2.24) is 20.1 Å². The molecule has 9 heteroatoms. The number of benzene rings is 1. The lowest BCUT2D eigenvalue weighted by atomic mass is 9.95. The van der Waals surface area contributed by atoms with E-state index in [2.05, 4.69) is 15.4 Å². The molecule has 0 saturated carbocycles. The largest absolute Gasteiger partial charge is 0.463 e. The molecule has 1 saturated heterocycles.